The lowest BCUT2D eigenvalue weighted by Crippen LogP contribution is -2.05. The van der Waals surface area contributed by atoms with Crippen LogP contribution in [-0.4, -0.2) is 20.2 Å². The minimum atomic E-state index is -0.408. The lowest BCUT2D eigenvalue weighted by molar-refractivity contribution is 0.621. The first kappa shape index (κ1) is 13.7. The number of hydrogen-bond donors (Lipinski definition) is 1. The molecule has 0 fully saturated rings. The zero-order chi connectivity index (χ0) is 14.8. The number of nitrogens with zero attached hydrogens (tertiary/aromatic N) is 4. The summed E-state index contributed by atoms with van der Waals surface area (Å²) in [7, 11) is 0. The Morgan fingerprint density at radius 2 is 2.05 bits per heavy atom. The second kappa shape index (κ2) is 5.61. The molecule has 3 aromatic rings. The SMILES string of the molecule is Nc1ccc(F)c(-c2nnnn2Cc2cccc(Br)c2)c1. The number of anilines is 1. The number of aromatic nitrogens is 4. The molecule has 0 saturated carbocycles. The number of halogens is 2. The number of hydrogen-bond acceptors (Lipinski definition) is 4. The molecule has 0 aliphatic heterocycles. The van der Waals surface area contributed by atoms with E-state index in [0.29, 0.717) is 18.1 Å². The van der Waals surface area contributed by atoms with Crippen LogP contribution in [0.15, 0.2) is 46.9 Å². The van der Waals surface area contributed by atoms with Gasteiger partial charge < -0.3 is 5.73 Å². The Labute approximate surface area is 128 Å². The molecular weight excluding hydrogens is 337 g/mol. The van der Waals surface area contributed by atoms with Crippen LogP contribution in [0.4, 0.5) is 10.1 Å². The first-order valence-electron chi connectivity index (χ1n) is 6.19. The van der Waals surface area contributed by atoms with E-state index in [1.165, 1.54) is 18.2 Å². The topological polar surface area (TPSA) is 69.6 Å². The van der Waals surface area contributed by atoms with E-state index in [1.54, 1.807) is 4.68 Å². The van der Waals surface area contributed by atoms with Gasteiger partial charge in [0.2, 0.25) is 0 Å². The Morgan fingerprint density at radius 1 is 1.19 bits per heavy atom. The number of nitrogens with two attached hydrogens (primary N) is 1. The molecule has 1 aromatic heterocycles. The van der Waals surface area contributed by atoms with Gasteiger partial charge in [-0.2, -0.15) is 0 Å². The third-order valence-electron chi connectivity index (χ3n) is 2.98. The fraction of sp³-hybridized carbons (Fsp3) is 0.0714. The van der Waals surface area contributed by atoms with Gasteiger partial charge in [-0.25, -0.2) is 9.07 Å². The molecule has 21 heavy (non-hydrogen) atoms. The predicted octanol–water partition coefficient (Wildman–Crippen LogP) is 2.87. The molecule has 0 unspecified atom stereocenters. The predicted molar refractivity (Wildman–Crippen MR) is 80.9 cm³/mol. The van der Waals surface area contributed by atoms with Crippen LogP contribution in [0.2, 0.25) is 0 Å². The highest BCUT2D eigenvalue weighted by molar-refractivity contribution is 9.10. The molecule has 0 aliphatic rings. The maximum absolute atomic E-state index is 13.9. The number of nitrogen functional groups attached to an aromatic ring is 1. The molecule has 2 N–H and O–H groups in total. The highest BCUT2D eigenvalue weighted by Crippen LogP contribution is 2.23. The van der Waals surface area contributed by atoms with Crippen LogP contribution in [0.3, 0.4) is 0 Å². The molecular formula is C14H11BrFN5. The van der Waals surface area contributed by atoms with Gasteiger partial charge in [0.1, 0.15) is 5.82 Å². The maximum Gasteiger partial charge on any atom is 0.185 e. The van der Waals surface area contributed by atoms with Gasteiger partial charge in [-0.05, 0) is 46.3 Å². The molecule has 5 nitrogen and oxygen atoms in total. The fourth-order valence-electron chi connectivity index (χ4n) is 2.03. The molecule has 0 bridgehead atoms. The van der Waals surface area contributed by atoms with Crippen molar-refractivity contribution in [3.05, 3.63) is 58.3 Å². The van der Waals surface area contributed by atoms with Crippen molar-refractivity contribution in [1.82, 2.24) is 20.2 Å². The quantitative estimate of drug-likeness (QED) is 0.739. The first-order chi connectivity index (χ1) is 10.1. The molecule has 0 radical (unpaired) electrons. The Hall–Kier alpha value is -2.28. The largest absolute Gasteiger partial charge is 0.399 e. The highest BCUT2D eigenvalue weighted by Gasteiger charge is 2.14. The Kier molecular flexibility index (Phi) is 3.66. The highest BCUT2D eigenvalue weighted by atomic mass is 79.9. The van der Waals surface area contributed by atoms with Gasteiger partial charge >= 0.3 is 0 Å². The van der Waals surface area contributed by atoms with Gasteiger partial charge in [-0.1, -0.05) is 28.1 Å². The summed E-state index contributed by atoms with van der Waals surface area (Å²) in [4.78, 5) is 0. The molecule has 1 heterocycles. The van der Waals surface area contributed by atoms with Crippen LogP contribution in [0.25, 0.3) is 11.4 Å². The molecule has 3 rings (SSSR count). The zero-order valence-electron chi connectivity index (χ0n) is 10.9. The molecule has 0 atom stereocenters. The van der Waals surface area contributed by atoms with Crippen molar-refractivity contribution in [3.8, 4) is 11.4 Å². The number of benzene rings is 2. The van der Waals surface area contributed by atoms with Crippen LogP contribution in [0, 0.1) is 5.82 Å². The van der Waals surface area contributed by atoms with Crippen molar-refractivity contribution in [2.45, 2.75) is 6.54 Å². The van der Waals surface area contributed by atoms with Gasteiger partial charge in [0.15, 0.2) is 5.82 Å². The fourth-order valence-corrected chi connectivity index (χ4v) is 2.47. The van der Waals surface area contributed by atoms with Gasteiger partial charge in [-0.15, -0.1) is 5.10 Å². The van der Waals surface area contributed by atoms with Crippen LogP contribution in [0.1, 0.15) is 5.56 Å². The lowest BCUT2D eigenvalue weighted by Gasteiger charge is -2.07. The normalized spacial score (nSPS) is 10.8. The van der Waals surface area contributed by atoms with E-state index in [9.17, 15) is 4.39 Å². The van der Waals surface area contributed by atoms with Gasteiger partial charge in [0, 0.05) is 10.2 Å². The maximum atomic E-state index is 13.9. The van der Waals surface area contributed by atoms with E-state index in [-0.39, 0.29) is 5.56 Å². The van der Waals surface area contributed by atoms with E-state index in [2.05, 4.69) is 31.5 Å². The summed E-state index contributed by atoms with van der Waals surface area (Å²) in [6, 6.07) is 12.1. The minimum Gasteiger partial charge on any atom is -0.399 e. The summed E-state index contributed by atoms with van der Waals surface area (Å²) in [6.45, 7) is 0.440. The number of rotatable bonds is 3. The van der Waals surface area contributed by atoms with Crippen LogP contribution < -0.4 is 5.73 Å². The van der Waals surface area contributed by atoms with E-state index in [0.717, 1.165) is 10.0 Å². The zero-order valence-corrected chi connectivity index (χ0v) is 12.5. The van der Waals surface area contributed by atoms with Gasteiger partial charge in [0.25, 0.3) is 0 Å². The standard InChI is InChI=1S/C14H11BrFN5/c15-10-3-1-2-9(6-10)8-21-14(18-19-20-21)12-7-11(17)4-5-13(12)16/h1-7H,8,17H2. The minimum absolute atomic E-state index is 0.287. The number of tetrazole rings is 1. The average Bonchev–Trinajstić information content (AvgIpc) is 2.89. The summed E-state index contributed by atoms with van der Waals surface area (Å²) >= 11 is 3.41. The third-order valence-corrected chi connectivity index (χ3v) is 3.48. The van der Waals surface area contributed by atoms with E-state index in [1.807, 2.05) is 24.3 Å². The monoisotopic (exact) mass is 347 g/mol. The summed E-state index contributed by atoms with van der Waals surface area (Å²) in [5.41, 5.74) is 7.46. The van der Waals surface area contributed by atoms with Crippen molar-refractivity contribution in [2.24, 2.45) is 0 Å². The summed E-state index contributed by atoms with van der Waals surface area (Å²) in [5.74, 6) is -0.0609. The van der Waals surface area contributed by atoms with Crippen LogP contribution in [-0.2, 0) is 6.54 Å². The Balaban J connectivity index is 1.99. The van der Waals surface area contributed by atoms with Crippen molar-refractivity contribution >= 4 is 21.6 Å². The van der Waals surface area contributed by atoms with Crippen molar-refractivity contribution in [2.75, 3.05) is 5.73 Å². The summed E-state index contributed by atoms with van der Waals surface area (Å²) in [6.07, 6.45) is 0. The van der Waals surface area contributed by atoms with E-state index >= 15 is 0 Å². The molecule has 0 aliphatic carbocycles. The van der Waals surface area contributed by atoms with Crippen molar-refractivity contribution < 1.29 is 4.39 Å². The molecule has 2 aromatic carbocycles. The average molecular weight is 348 g/mol. The van der Waals surface area contributed by atoms with Crippen molar-refractivity contribution in [1.29, 1.82) is 0 Å². The van der Waals surface area contributed by atoms with Gasteiger partial charge in [-0.3, -0.25) is 0 Å². The van der Waals surface area contributed by atoms with Crippen molar-refractivity contribution in [3.63, 3.8) is 0 Å². The second-order valence-electron chi connectivity index (χ2n) is 4.53. The Morgan fingerprint density at radius 3 is 2.86 bits per heavy atom. The molecule has 7 heteroatoms. The van der Waals surface area contributed by atoms with E-state index < -0.39 is 5.82 Å². The van der Waals surface area contributed by atoms with Gasteiger partial charge in [0.05, 0.1) is 12.1 Å². The Bertz CT molecular complexity index is 787. The van der Waals surface area contributed by atoms with Crippen LogP contribution in [0.5, 0.6) is 0 Å². The summed E-state index contributed by atoms with van der Waals surface area (Å²) < 4.78 is 16.4. The summed E-state index contributed by atoms with van der Waals surface area (Å²) in [5, 5.41) is 11.5. The smallest absolute Gasteiger partial charge is 0.185 e. The molecule has 0 saturated heterocycles. The molecule has 106 valence electrons. The molecule has 0 spiro atoms. The molecule has 0 amide bonds. The third kappa shape index (κ3) is 2.92. The second-order valence-corrected chi connectivity index (χ2v) is 5.45. The first-order valence-corrected chi connectivity index (χ1v) is 6.99. The lowest BCUT2D eigenvalue weighted by atomic mass is 10.1. The van der Waals surface area contributed by atoms with E-state index in [4.69, 9.17) is 5.73 Å². The van der Waals surface area contributed by atoms with Crippen LogP contribution >= 0.6 is 15.9 Å².